The smallest absolute Gasteiger partial charge is 0.235 e. The van der Waals surface area contributed by atoms with Crippen LogP contribution in [0.3, 0.4) is 0 Å². The SMILES string of the molecule is C=C(C)C(=O)CCOCN(COCCC(=O)C(=C)C)c1nc(N(COCCC(=O)C(=C)C)COCCC(=O)C(=C)C)nc(N(COCCC(=O)C(=C)C)COCCC(=O)C(=C)C)n1. The van der Waals surface area contributed by atoms with Gasteiger partial charge in [0.25, 0.3) is 0 Å². The van der Waals surface area contributed by atoms with E-state index in [0.717, 1.165) is 0 Å². The zero-order valence-electron chi connectivity index (χ0n) is 38.1. The van der Waals surface area contributed by atoms with Crippen LogP contribution in [0.4, 0.5) is 17.8 Å². The number of anilines is 3. The Kier molecular flexibility index (Phi) is 27.1. The van der Waals surface area contributed by atoms with Gasteiger partial charge in [0.15, 0.2) is 34.7 Å². The van der Waals surface area contributed by atoms with Crippen LogP contribution in [0.15, 0.2) is 72.9 Å². The minimum Gasteiger partial charge on any atom is -0.360 e. The molecule has 0 saturated carbocycles. The fraction of sp³-hybridized carbons (Fsp3) is 0.533. The number of hydrogen-bond donors (Lipinski definition) is 0. The van der Waals surface area contributed by atoms with E-state index < -0.39 is 0 Å². The number of rotatable bonds is 39. The standard InChI is InChI=1S/C45H66N6O12/c1-31(2)37(52)13-19-58-25-49(26-59-20-14-38(53)32(3)4)43-46-44(50(27-60-21-15-39(54)33(5)6)28-61-22-16-40(55)34(7)8)48-45(47-43)51(29-62-23-17-41(56)35(9)10)30-63-24-18-42(57)36(11)12/h1,3,5,7,9,11,13-30H2,2,4,6,8,10,12H3. The van der Waals surface area contributed by atoms with Crippen LogP contribution in [0.25, 0.3) is 0 Å². The highest BCUT2D eigenvalue weighted by atomic mass is 16.5. The van der Waals surface area contributed by atoms with E-state index in [2.05, 4.69) is 39.5 Å². The Morgan fingerprint density at radius 2 is 0.476 bits per heavy atom. The Morgan fingerprint density at radius 3 is 0.603 bits per heavy atom. The topological polar surface area (TPSA) is 206 Å². The van der Waals surface area contributed by atoms with Gasteiger partial charge in [-0.15, -0.1) is 0 Å². The monoisotopic (exact) mass is 882 g/mol. The van der Waals surface area contributed by atoms with Gasteiger partial charge >= 0.3 is 0 Å². The maximum Gasteiger partial charge on any atom is 0.235 e. The van der Waals surface area contributed by atoms with Crippen molar-refractivity contribution in [1.82, 2.24) is 15.0 Å². The second-order valence-electron chi connectivity index (χ2n) is 14.8. The molecule has 1 aromatic heterocycles. The van der Waals surface area contributed by atoms with Crippen LogP contribution in [0.2, 0.25) is 0 Å². The number of nitrogens with zero attached hydrogens (tertiary/aromatic N) is 6. The first-order valence-electron chi connectivity index (χ1n) is 20.3. The van der Waals surface area contributed by atoms with Crippen molar-refractivity contribution in [3.05, 3.63) is 72.9 Å². The molecule has 1 heterocycles. The summed E-state index contributed by atoms with van der Waals surface area (Å²) in [6.07, 6.45) is 0.329. The second-order valence-corrected chi connectivity index (χ2v) is 14.8. The summed E-state index contributed by atoms with van der Waals surface area (Å²) in [5.74, 6) is -1.12. The van der Waals surface area contributed by atoms with E-state index in [4.69, 9.17) is 43.4 Å². The number of ketones is 6. The predicted octanol–water partition coefficient (Wildman–Crippen LogP) is 5.35. The van der Waals surface area contributed by atoms with Crippen LogP contribution in [-0.4, -0.2) is 130 Å². The molecular formula is C45H66N6O12. The average Bonchev–Trinajstić information content (AvgIpc) is 3.23. The molecule has 0 atom stereocenters. The van der Waals surface area contributed by atoms with Gasteiger partial charge in [-0.25, -0.2) is 0 Å². The van der Waals surface area contributed by atoms with E-state index in [0.29, 0.717) is 33.4 Å². The molecule has 0 fully saturated rings. The Hall–Kier alpha value is -5.37. The molecule has 0 unspecified atom stereocenters. The summed E-state index contributed by atoms with van der Waals surface area (Å²) in [6.45, 7) is 30.7. The fourth-order valence-corrected chi connectivity index (χ4v) is 4.54. The number of Topliss-reactive ketones (excluding diaryl/α,β-unsaturated/α-hetero) is 6. The highest BCUT2D eigenvalue weighted by Crippen LogP contribution is 2.21. The summed E-state index contributed by atoms with van der Waals surface area (Å²) in [5.41, 5.74) is 2.27. The van der Waals surface area contributed by atoms with Crippen molar-refractivity contribution in [2.45, 2.75) is 80.1 Å². The molecule has 0 saturated heterocycles. The largest absolute Gasteiger partial charge is 0.360 e. The Bertz CT molecular complexity index is 1510. The normalized spacial score (nSPS) is 10.8. The molecule has 1 rings (SSSR count). The van der Waals surface area contributed by atoms with Crippen molar-refractivity contribution >= 4 is 52.5 Å². The van der Waals surface area contributed by atoms with Crippen molar-refractivity contribution in [2.75, 3.05) is 94.7 Å². The molecule has 63 heavy (non-hydrogen) atoms. The maximum atomic E-state index is 12.3. The van der Waals surface area contributed by atoms with Crippen LogP contribution < -0.4 is 14.7 Å². The molecule has 0 radical (unpaired) electrons. The number of carbonyl (C=O) groups is 6. The first-order chi connectivity index (χ1) is 29.7. The van der Waals surface area contributed by atoms with Crippen molar-refractivity contribution in [1.29, 1.82) is 0 Å². The number of hydrogen-bond acceptors (Lipinski definition) is 18. The molecule has 0 aromatic carbocycles. The summed E-state index contributed by atoms with van der Waals surface area (Å²) >= 11 is 0. The Balaban J connectivity index is 3.85. The third kappa shape index (κ3) is 23.6. The zero-order valence-corrected chi connectivity index (χ0v) is 38.1. The van der Waals surface area contributed by atoms with E-state index in [9.17, 15) is 28.8 Å². The fourth-order valence-electron chi connectivity index (χ4n) is 4.54. The second kappa shape index (κ2) is 30.6. The van der Waals surface area contributed by atoms with Gasteiger partial charge in [-0.3, -0.25) is 43.5 Å². The van der Waals surface area contributed by atoms with Crippen LogP contribution in [-0.2, 0) is 57.2 Å². The molecule has 0 aliphatic rings. The highest BCUT2D eigenvalue weighted by Gasteiger charge is 2.23. The van der Waals surface area contributed by atoms with E-state index in [-0.39, 0.29) is 171 Å². The Labute approximate surface area is 371 Å². The van der Waals surface area contributed by atoms with Crippen molar-refractivity contribution in [2.24, 2.45) is 0 Å². The van der Waals surface area contributed by atoms with Crippen LogP contribution in [0, 0.1) is 0 Å². The van der Waals surface area contributed by atoms with Crippen LogP contribution in [0.1, 0.15) is 80.1 Å². The van der Waals surface area contributed by atoms with Gasteiger partial charge in [0.2, 0.25) is 17.8 Å². The third-order valence-corrected chi connectivity index (χ3v) is 8.63. The van der Waals surface area contributed by atoms with Gasteiger partial charge in [0, 0.05) is 38.5 Å². The number of carbonyl (C=O) groups excluding carboxylic acids is 6. The molecule has 0 amide bonds. The minimum absolute atomic E-state index is 0.00713. The van der Waals surface area contributed by atoms with Gasteiger partial charge in [-0.05, 0) is 75.0 Å². The van der Waals surface area contributed by atoms with Gasteiger partial charge in [-0.1, -0.05) is 39.5 Å². The summed E-state index contributed by atoms with van der Waals surface area (Å²) in [6, 6.07) is 0. The lowest BCUT2D eigenvalue weighted by Crippen LogP contribution is -2.37. The highest BCUT2D eigenvalue weighted by molar-refractivity contribution is 5.96. The van der Waals surface area contributed by atoms with E-state index in [1.807, 2.05) is 0 Å². The van der Waals surface area contributed by atoms with Gasteiger partial charge < -0.3 is 28.4 Å². The van der Waals surface area contributed by atoms with Crippen molar-refractivity contribution < 1.29 is 57.2 Å². The molecule has 18 nitrogen and oxygen atoms in total. The first kappa shape index (κ1) is 55.6. The van der Waals surface area contributed by atoms with Gasteiger partial charge in [0.1, 0.15) is 40.4 Å². The molecule has 1 aromatic rings. The van der Waals surface area contributed by atoms with Gasteiger partial charge in [-0.2, -0.15) is 15.0 Å². The molecule has 0 bridgehead atoms. The average molecular weight is 883 g/mol. The third-order valence-electron chi connectivity index (χ3n) is 8.63. The lowest BCUT2D eigenvalue weighted by molar-refractivity contribution is -0.117. The van der Waals surface area contributed by atoms with Crippen molar-refractivity contribution in [3.63, 3.8) is 0 Å². The van der Waals surface area contributed by atoms with E-state index in [1.54, 1.807) is 41.5 Å². The summed E-state index contributed by atoms with van der Waals surface area (Å²) in [5, 5.41) is 0. The summed E-state index contributed by atoms with van der Waals surface area (Å²) in [7, 11) is 0. The quantitative estimate of drug-likeness (QED) is 0.0464. The number of aromatic nitrogens is 3. The molecule has 348 valence electrons. The molecule has 0 spiro atoms. The first-order valence-corrected chi connectivity index (χ1v) is 20.3. The molecule has 0 aliphatic heterocycles. The van der Waals surface area contributed by atoms with Crippen LogP contribution >= 0.6 is 0 Å². The lowest BCUT2D eigenvalue weighted by Gasteiger charge is -2.28. The predicted molar refractivity (Wildman–Crippen MR) is 239 cm³/mol. The van der Waals surface area contributed by atoms with E-state index in [1.165, 1.54) is 14.7 Å². The lowest BCUT2D eigenvalue weighted by atomic mass is 10.2. The number of allylic oxidation sites excluding steroid dienone is 6. The Morgan fingerprint density at radius 1 is 0.333 bits per heavy atom. The van der Waals surface area contributed by atoms with Crippen LogP contribution in [0.5, 0.6) is 0 Å². The maximum absolute atomic E-state index is 12.3. The summed E-state index contributed by atoms with van der Waals surface area (Å²) < 4.78 is 35.4. The van der Waals surface area contributed by atoms with Gasteiger partial charge in [0.05, 0.1) is 39.6 Å². The number of ether oxygens (including phenoxy) is 6. The minimum atomic E-state index is -0.196. The summed E-state index contributed by atoms with van der Waals surface area (Å²) in [4.78, 5) is 92.5. The molecule has 0 N–H and O–H groups in total. The zero-order chi connectivity index (χ0) is 47.5. The van der Waals surface area contributed by atoms with Crippen molar-refractivity contribution in [3.8, 4) is 0 Å². The van der Waals surface area contributed by atoms with E-state index >= 15 is 0 Å². The molecule has 18 heteroatoms. The molecular weight excluding hydrogens is 817 g/mol. The molecule has 0 aliphatic carbocycles.